The summed E-state index contributed by atoms with van der Waals surface area (Å²) < 4.78 is 5.42. The van der Waals surface area contributed by atoms with Crippen molar-refractivity contribution in [3.8, 4) is 0 Å². The van der Waals surface area contributed by atoms with E-state index in [0.717, 1.165) is 25.0 Å². The van der Waals surface area contributed by atoms with Crippen LogP contribution in [0.25, 0.3) is 0 Å². The van der Waals surface area contributed by atoms with Gasteiger partial charge in [-0.15, -0.1) is 0 Å². The van der Waals surface area contributed by atoms with Gasteiger partial charge in [-0.1, -0.05) is 12.8 Å². The number of carbonyl (C=O) groups is 1. The van der Waals surface area contributed by atoms with Gasteiger partial charge >= 0.3 is 5.97 Å². The molecule has 4 unspecified atom stereocenters. The fourth-order valence-electron chi connectivity index (χ4n) is 4.18. The highest BCUT2D eigenvalue weighted by atomic mass is 16.4. The summed E-state index contributed by atoms with van der Waals surface area (Å²) in [7, 11) is 0. The van der Waals surface area contributed by atoms with Crippen LogP contribution in [0.2, 0.25) is 0 Å². The second kappa shape index (κ2) is 5.60. The number of carboxylic acid groups (broad SMARTS) is 1. The van der Waals surface area contributed by atoms with Crippen LogP contribution in [0, 0.1) is 5.92 Å². The van der Waals surface area contributed by atoms with E-state index in [9.17, 15) is 9.90 Å². The number of likely N-dealkylation sites (tertiary alicyclic amines) is 1. The molecule has 0 radical (unpaired) electrons. The maximum absolute atomic E-state index is 11.6. The largest absolute Gasteiger partial charge is 0.480 e. The monoisotopic (exact) mass is 277 g/mol. The van der Waals surface area contributed by atoms with E-state index in [1.165, 1.54) is 19.3 Å². The van der Waals surface area contributed by atoms with Crippen LogP contribution in [-0.2, 0) is 11.2 Å². The Kier molecular flexibility index (Phi) is 3.83. The van der Waals surface area contributed by atoms with Crippen LogP contribution >= 0.6 is 0 Å². The second-order valence-electron chi connectivity index (χ2n) is 6.28. The zero-order valence-corrected chi connectivity index (χ0v) is 12.0. The van der Waals surface area contributed by atoms with Gasteiger partial charge in [0.1, 0.15) is 11.8 Å². The van der Waals surface area contributed by atoms with Crippen molar-refractivity contribution in [3.05, 3.63) is 24.2 Å². The number of nitrogens with zero attached hydrogens (tertiary/aromatic N) is 1. The van der Waals surface area contributed by atoms with E-state index in [1.54, 1.807) is 6.26 Å². The highest BCUT2D eigenvalue weighted by Crippen LogP contribution is 2.41. The van der Waals surface area contributed by atoms with E-state index >= 15 is 0 Å². The lowest BCUT2D eigenvalue weighted by atomic mass is 9.84. The molecule has 1 aromatic heterocycles. The van der Waals surface area contributed by atoms with Gasteiger partial charge < -0.3 is 9.52 Å². The molecule has 1 aromatic rings. The molecule has 4 nitrogen and oxygen atoms in total. The number of hydrogen-bond donors (Lipinski definition) is 1. The van der Waals surface area contributed by atoms with Crippen LogP contribution in [0.15, 0.2) is 22.8 Å². The molecule has 1 aliphatic heterocycles. The van der Waals surface area contributed by atoms with Gasteiger partial charge in [0.05, 0.1) is 6.26 Å². The summed E-state index contributed by atoms with van der Waals surface area (Å²) in [5.74, 6) is 0.857. The van der Waals surface area contributed by atoms with E-state index in [-0.39, 0.29) is 12.1 Å². The molecule has 1 aliphatic carbocycles. The van der Waals surface area contributed by atoms with Crippen molar-refractivity contribution in [3.63, 3.8) is 0 Å². The van der Waals surface area contributed by atoms with Gasteiger partial charge in [-0.2, -0.15) is 0 Å². The molecule has 1 saturated carbocycles. The van der Waals surface area contributed by atoms with Crippen molar-refractivity contribution >= 4 is 5.97 Å². The Bertz CT molecular complexity index is 456. The first-order chi connectivity index (χ1) is 9.66. The summed E-state index contributed by atoms with van der Waals surface area (Å²) in [6, 6.07) is 4.23. The van der Waals surface area contributed by atoms with Crippen molar-refractivity contribution in [1.82, 2.24) is 4.90 Å². The van der Waals surface area contributed by atoms with E-state index in [4.69, 9.17) is 4.42 Å². The van der Waals surface area contributed by atoms with Crippen LogP contribution in [0.4, 0.5) is 0 Å². The Morgan fingerprint density at radius 1 is 1.50 bits per heavy atom. The molecular formula is C16H23NO3. The van der Waals surface area contributed by atoms with E-state index < -0.39 is 5.97 Å². The van der Waals surface area contributed by atoms with Crippen molar-refractivity contribution < 1.29 is 14.3 Å². The number of carboxylic acids is 1. The normalized spacial score (nSPS) is 31.9. The highest BCUT2D eigenvalue weighted by molar-refractivity contribution is 5.74. The smallest absolute Gasteiger partial charge is 0.320 e. The molecule has 1 saturated heterocycles. The van der Waals surface area contributed by atoms with Crippen LogP contribution in [-0.4, -0.2) is 34.1 Å². The molecule has 3 rings (SSSR count). The Labute approximate surface area is 119 Å². The fraction of sp³-hybridized carbons (Fsp3) is 0.688. The van der Waals surface area contributed by atoms with Crippen molar-refractivity contribution in [1.29, 1.82) is 0 Å². The molecular weight excluding hydrogens is 254 g/mol. The van der Waals surface area contributed by atoms with Crippen molar-refractivity contribution in [2.45, 2.75) is 63.6 Å². The summed E-state index contributed by atoms with van der Waals surface area (Å²) in [6.45, 7) is 2.13. The van der Waals surface area contributed by atoms with E-state index in [1.807, 2.05) is 12.1 Å². The molecule has 2 heterocycles. The molecule has 0 aromatic carbocycles. The maximum Gasteiger partial charge on any atom is 0.320 e. The SMILES string of the molecule is CC(Cc1ccco1)N1C(C(=O)O)CC2CCCCC21. The van der Waals surface area contributed by atoms with Gasteiger partial charge in [0.2, 0.25) is 0 Å². The number of rotatable bonds is 4. The highest BCUT2D eigenvalue weighted by Gasteiger charge is 2.46. The topological polar surface area (TPSA) is 53.7 Å². The van der Waals surface area contributed by atoms with Crippen LogP contribution < -0.4 is 0 Å². The van der Waals surface area contributed by atoms with Gasteiger partial charge in [-0.3, -0.25) is 9.69 Å². The zero-order chi connectivity index (χ0) is 14.1. The molecule has 110 valence electrons. The summed E-state index contributed by atoms with van der Waals surface area (Å²) in [5, 5.41) is 9.54. The summed E-state index contributed by atoms with van der Waals surface area (Å²) >= 11 is 0. The van der Waals surface area contributed by atoms with Crippen LogP contribution in [0.5, 0.6) is 0 Å². The fourth-order valence-corrected chi connectivity index (χ4v) is 4.18. The number of aliphatic carboxylic acids is 1. The minimum atomic E-state index is -0.661. The first-order valence-electron chi connectivity index (χ1n) is 7.69. The third kappa shape index (κ3) is 2.49. The summed E-state index contributed by atoms with van der Waals surface area (Å²) in [6.07, 6.45) is 8.13. The van der Waals surface area contributed by atoms with Crippen molar-refractivity contribution in [2.75, 3.05) is 0 Å². The molecule has 20 heavy (non-hydrogen) atoms. The second-order valence-corrected chi connectivity index (χ2v) is 6.28. The summed E-state index contributed by atoms with van der Waals surface area (Å²) in [5.41, 5.74) is 0. The lowest BCUT2D eigenvalue weighted by Crippen LogP contribution is -2.48. The minimum absolute atomic E-state index is 0.218. The lowest BCUT2D eigenvalue weighted by molar-refractivity contribution is -0.143. The maximum atomic E-state index is 11.6. The van der Waals surface area contributed by atoms with Crippen LogP contribution in [0.1, 0.15) is 44.8 Å². The molecule has 0 amide bonds. The minimum Gasteiger partial charge on any atom is -0.480 e. The van der Waals surface area contributed by atoms with Crippen molar-refractivity contribution in [2.24, 2.45) is 5.92 Å². The Balaban J connectivity index is 1.77. The standard InChI is InChI=1S/C16H23NO3/c1-11(9-13-6-4-8-20-13)17-14-7-3-2-5-12(14)10-15(17)16(18)19/h4,6,8,11-12,14-15H,2-3,5,7,9-10H2,1H3,(H,18,19). The third-order valence-corrected chi connectivity index (χ3v) is 5.01. The number of hydrogen-bond acceptors (Lipinski definition) is 3. The third-order valence-electron chi connectivity index (χ3n) is 5.01. The molecule has 2 fully saturated rings. The van der Waals surface area contributed by atoms with Gasteiger partial charge in [0.25, 0.3) is 0 Å². The first-order valence-corrected chi connectivity index (χ1v) is 7.69. The average molecular weight is 277 g/mol. The molecule has 2 aliphatic rings. The summed E-state index contributed by atoms with van der Waals surface area (Å²) in [4.78, 5) is 13.9. The van der Waals surface area contributed by atoms with Gasteiger partial charge in [0, 0.05) is 18.5 Å². The Morgan fingerprint density at radius 2 is 2.30 bits per heavy atom. The molecule has 0 bridgehead atoms. The lowest BCUT2D eigenvalue weighted by Gasteiger charge is -2.37. The first kappa shape index (κ1) is 13.7. The quantitative estimate of drug-likeness (QED) is 0.919. The molecule has 1 N–H and O–H groups in total. The number of fused-ring (bicyclic) bond motifs is 1. The number of furan rings is 1. The van der Waals surface area contributed by atoms with Gasteiger partial charge in [-0.05, 0) is 44.2 Å². The zero-order valence-electron chi connectivity index (χ0n) is 12.0. The van der Waals surface area contributed by atoms with E-state index in [2.05, 4.69) is 11.8 Å². The van der Waals surface area contributed by atoms with Gasteiger partial charge in [-0.25, -0.2) is 0 Å². The van der Waals surface area contributed by atoms with Crippen LogP contribution in [0.3, 0.4) is 0 Å². The molecule has 0 spiro atoms. The van der Waals surface area contributed by atoms with E-state index in [0.29, 0.717) is 12.0 Å². The Hall–Kier alpha value is -1.29. The average Bonchev–Trinajstić information content (AvgIpc) is 3.04. The molecule has 4 atom stereocenters. The predicted octanol–water partition coefficient (Wildman–Crippen LogP) is 2.93. The van der Waals surface area contributed by atoms with Gasteiger partial charge in [0.15, 0.2) is 0 Å². The Morgan fingerprint density at radius 3 is 3.00 bits per heavy atom. The predicted molar refractivity (Wildman–Crippen MR) is 75.5 cm³/mol. The molecule has 4 heteroatoms.